The van der Waals surface area contributed by atoms with Crippen LogP contribution in [0, 0.1) is 11.8 Å². The lowest BCUT2D eigenvalue weighted by molar-refractivity contribution is 0.390. The lowest BCUT2D eigenvalue weighted by Gasteiger charge is -2.22. The highest BCUT2D eigenvalue weighted by molar-refractivity contribution is 7.88. The van der Waals surface area contributed by atoms with Gasteiger partial charge in [0.15, 0.2) is 0 Å². The molecule has 1 N–H and O–H groups in total. The molecule has 2 bridgehead atoms. The SMILES string of the molecule is O=S(=O)(Cc1cccc(Cl)c1)NC1CC2CCC1C2. The molecule has 3 rings (SSSR count). The molecule has 2 aliphatic rings. The number of hydrogen-bond donors (Lipinski definition) is 1. The normalized spacial score (nSPS) is 29.8. The molecule has 0 saturated heterocycles. The lowest BCUT2D eigenvalue weighted by atomic mass is 9.96. The van der Waals surface area contributed by atoms with Gasteiger partial charge in [-0.05, 0) is 48.8 Å². The molecular weight excluding hydrogens is 282 g/mol. The molecule has 0 amide bonds. The van der Waals surface area contributed by atoms with Crippen LogP contribution in [0.4, 0.5) is 0 Å². The molecule has 3 nitrogen and oxygen atoms in total. The van der Waals surface area contributed by atoms with Crippen molar-refractivity contribution < 1.29 is 8.42 Å². The molecule has 0 radical (unpaired) electrons. The van der Waals surface area contributed by atoms with E-state index in [1.54, 1.807) is 24.3 Å². The van der Waals surface area contributed by atoms with Crippen molar-refractivity contribution in [3.63, 3.8) is 0 Å². The van der Waals surface area contributed by atoms with Crippen molar-refractivity contribution in [2.24, 2.45) is 11.8 Å². The van der Waals surface area contributed by atoms with Gasteiger partial charge >= 0.3 is 0 Å². The fourth-order valence-corrected chi connectivity index (χ4v) is 5.17. The molecule has 0 aromatic heterocycles. The number of nitrogens with one attached hydrogen (secondary N) is 1. The third-order valence-corrected chi connectivity index (χ3v) is 5.93. The van der Waals surface area contributed by atoms with E-state index >= 15 is 0 Å². The average molecular weight is 300 g/mol. The zero-order valence-corrected chi connectivity index (χ0v) is 12.3. The number of benzene rings is 1. The number of hydrogen-bond acceptors (Lipinski definition) is 2. The predicted molar refractivity (Wildman–Crippen MR) is 76.4 cm³/mol. The maximum absolute atomic E-state index is 12.2. The summed E-state index contributed by atoms with van der Waals surface area (Å²) in [5.41, 5.74) is 0.739. The highest BCUT2D eigenvalue weighted by Crippen LogP contribution is 2.44. The molecule has 0 heterocycles. The average Bonchev–Trinajstić information content (AvgIpc) is 2.89. The second kappa shape index (κ2) is 5.08. The third kappa shape index (κ3) is 3.12. The standard InChI is InChI=1S/C14H18ClNO2S/c15-13-3-1-2-11(7-13)9-19(17,18)16-14-8-10-4-5-12(14)6-10/h1-3,7,10,12,14,16H,4-6,8-9H2. The molecule has 1 aromatic carbocycles. The van der Waals surface area contributed by atoms with E-state index in [4.69, 9.17) is 11.6 Å². The van der Waals surface area contributed by atoms with Crippen molar-refractivity contribution >= 4 is 21.6 Å². The predicted octanol–water partition coefficient (Wildman–Crippen LogP) is 2.95. The molecule has 19 heavy (non-hydrogen) atoms. The minimum absolute atomic E-state index is 0.0153. The number of halogens is 1. The van der Waals surface area contributed by atoms with Crippen molar-refractivity contribution in [1.29, 1.82) is 0 Å². The Kier molecular flexibility index (Phi) is 3.58. The maximum Gasteiger partial charge on any atom is 0.216 e. The monoisotopic (exact) mass is 299 g/mol. The second-order valence-corrected chi connectivity index (χ2v) is 7.98. The molecule has 3 unspecified atom stereocenters. The zero-order chi connectivity index (χ0) is 13.5. The van der Waals surface area contributed by atoms with Gasteiger partial charge in [0.05, 0.1) is 5.75 Å². The van der Waals surface area contributed by atoms with Crippen LogP contribution in [-0.4, -0.2) is 14.5 Å². The highest BCUT2D eigenvalue weighted by atomic mass is 35.5. The van der Waals surface area contributed by atoms with E-state index in [1.807, 2.05) is 0 Å². The molecule has 2 saturated carbocycles. The maximum atomic E-state index is 12.2. The number of rotatable bonds is 4. The van der Waals surface area contributed by atoms with Crippen LogP contribution in [0.15, 0.2) is 24.3 Å². The number of fused-ring (bicyclic) bond motifs is 2. The Morgan fingerprint density at radius 2 is 2.11 bits per heavy atom. The van der Waals surface area contributed by atoms with E-state index in [0.29, 0.717) is 10.9 Å². The van der Waals surface area contributed by atoms with Crippen LogP contribution in [0.25, 0.3) is 0 Å². The third-order valence-electron chi connectivity index (χ3n) is 4.31. The fraction of sp³-hybridized carbons (Fsp3) is 0.571. The minimum atomic E-state index is -3.27. The minimum Gasteiger partial charge on any atom is -0.212 e. The van der Waals surface area contributed by atoms with Crippen LogP contribution in [0.3, 0.4) is 0 Å². The quantitative estimate of drug-likeness (QED) is 0.929. The van der Waals surface area contributed by atoms with Crippen LogP contribution in [0.1, 0.15) is 31.2 Å². The van der Waals surface area contributed by atoms with Crippen molar-refractivity contribution in [3.05, 3.63) is 34.9 Å². The van der Waals surface area contributed by atoms with Gasteiger partial charge in [0.2, 0.25) is 10.0 Å². The van der Waals surface area contributed by atoms with Gasteiger partial charge in [0, 0.05) is 11.1 Å². The summed E-state index contributed by atoms with van der Waals surface area (Å²) in [4.78, 5) is 0. The first-order valence-electron chi connectivity index (χ1n) is 6.76. The van der Waals surface area contributed by atoms with Crippen LogP contribution in [0.5, 0.6) is 0 Å². The van der Waals surface area contributed by atoms with Crippen molar-refractivity contribution in [2.45, 2.75) is 37.5 Å². The first-order valence-corrected chi connectivity index (χ1v) is 8.79. The van der Waals surface area contributed by atoms with E-state index in [1.165, 1.54) is 19.3 Å². The van der Waals surface area contributed by atoms with Gasteiger partial charge in [-0.15, -0.1) is 0 Å². The Hall–Kier alpha value is -0.580. The van der Waals surface area contributed by atoms with Crippen molar-refractivity contribution in [1.82, 2.24) is 4.72 Å². The molecule has 0 aliphatic heterocycles. The summed E-state index contributed by atoms with van der Waals surface area (Å²) in [6.07, 6.45) is 4.66. The van der Waals surface area contributed by atoms with Gasteiger partial charge in [0.1, 0.15) is 0 Å². The summed E-state index contributed by atoms with van der Waals surface area (Å²) < 4.78 is 27.3. The molecule has 104 valence electrons. The van der Waals surface area contributed by atoms with Crippen LogP contribution < -0.4 is 4.72 Å². The molecule has 5 heteroatoms. The van der Waals surface area contributed by atoms with Gasteiger partial charge in [-0.3, -0.25) is 0 Å². The van der Waals surface area contributed by atoms with Gasteiger partial charge in [-0.25, -0.2) is 13.1 Å². The Bertz CT molecular complexity index is 573. The number of sulfonamides is 1. The topological polar surface area (TPSA) is 46.2 Å². The largest absolute Gasteiger partial charge is 0.216 e. The first-order chi connectivity index (χ1) is 9.02. The summed E-state index contributed by atoms with van der Waals surface area (Å²) in [6.45, 7) is 0. The molecular formula is C14H18ClNO2S. The van der Waals surface area contributed by atoms with Gasteiger partial charge in [-0.1, -0.05) is 30.2 Å². The van der Waals surface area contributed by atoms with Crippen molar-refractivity contribution in [2.75, 3.05) is 0 Å². The van der Waals surface area contributed by atoms with Crippen LogP contribution in [-0.2, 0) is 15.8 Å². The summed E-state index contributed by atoms with van der Waals surface area (Å²) in [7, 11) is -3.27. The highest BCUT2D eigenvalue weighted by Gasteiger charge is 2.40. The van der Waals surface area contributed by atoms with Crippen LogP contribution >= 0.6 is 11.6 Å². The van der Waals surface area contributed by atoms with E-state index in [9.17, 15) is 8.42 Å². The lowest BCUT2D eigenvalue weighted by Crippen LogP contribution is -2.39. The zero-order valence-electron chi connectivity index (χ0n) is 10.7. The Labute approximate surface area is 119 Å². The Morgan fingerprint density at radius 1 is 1.26 bits per heavy atom. The molecule has 2 fully saturated rings. The molecule has 0 spiro atoms. The van der Waals surface area contributed by atoms with Gasteiger partial charge < -0.3 is 0 Å². The first kappa shape index (κ1) is 13.4. The van der Waals surface area contributed by atoms with E-state index < -0.39 is 10.0 Å². The van der Waals surface area contributed by atoms with E-state index in [0.717, 1.165) is 17.9 Å². The summed E-state index contributed by atoms with van der Waals surface area (Å²) in [5, 5.41) is 0.577. The van der Waals surface area contributed by atoms with Gasteiger partial charge in [-0.2, -0.15) is 0 Å². The van der Waals surface area contributed by atoms with Crippen molar-refractivity contribution in [3.8, 4) is 0 Å². The summed E-state index contributed by atoms with van der Waals surface area (Å²) in [6, 6.07) is 7.20. The molecule has 1 aromatic rings. The van der Waals surface area contributed by atoms with Gasteiger partial charge in [0.25, 0.3) is 0 Å². The molecule has 2 aliphatic carbocycles. The molecule has 3 atom stereocenters. The Balaban J connectivity index is 1.66. The second-order valence-electron chi connectivity index (χ2n) is 5.79. The van der Waals surface area contributed by atoms with E-state index in [-0.39, 0.29) is 11.8 Å². The summed E-state index contributed by atoms with van der Waals surface area (Å²) >= 11 is 5.88. The Morgan fingerprint density at radius 3 is 2.74 bits per heavy atom. The van der Waals surface area contributed by atoms with Crippen LogP contribution in [0.2, 0.25) is 5.02 Å². The summed E-state index contributed by atoms with van der Waals surface area (Å²) in [5.74, 6) is 1.31. The smallest absolute Gasteiger partial charge is 0.212 e. The fourth-order valence-electron chi connectivity index (χ4n) is 3.51. The van der Waals surface area contributed by atoms with E-state index in [2.05, 4.69) is 4.72 Å².